The number of aromatic nitrogens is 3. The van der Waals surface area contributed by atoms with Gasteiger partial charge in [0.15, 0.2) is 0 Å². The van der Waals surface area contributed by atoms with Crippen LogP contribution < -0.4 is 0 Å². The zero-order chi connectivity index (χ0) is 14.5. The first-order valence-electron chi connectivity index (χ1n) is 6.47. The Hall–Kier alpha value is -2.26. The molecule has 6 heteroatoms. The summed E-state index contributed by atoms with van der Waals surface area (Å²) in [5.41, 5.74) is 1.03. The standard InChI is InChI=1S/C14H16N4O2/c1-4-19-12(9(2)3)13-17-14(20-18-13)11-6-5-10(7-15)8-16-11/h5-6,8-9,12H,4H2,1-3H3. The number of ether oxygens (including phenoxy) is 1. The third-order valence-electron chi connectivity index (χ3n) is 2.76. The molecule has 0 amide bonds. The van der Waals surface area contributed by atoms with Crippen LogP contribution in [0.15, 0.2) is 22.9 Å². The molecule has 0 saturated heterocycles. The number of pyridine rings is 1. The third-order valence-corrected chi connectivity index (χ3v) is 2.76. The second-order valence-corrected chi connectivity index (χ2v) is 4.62. The summed E-state index contributed by atoms with van der Waals surface area (Å²) in [6.07, 6.45) is 1.28. The highest BCUT2D eigenvalue weighted by Crippen LogP contribution is 2.25. The Labute approximate surface area is 117 Å². The Morgan fingerprint density at radius 2 is 2.20 bits per heavy atom. The fourth-order valence-corrected chi connectivity index (χ4v) is 1.79. The first-order valence-corrected chi connectivity index (χ1v) is 6.47. The third kappa shape index (κ3) is 3.00. The maximum absolute atomic E-state index is 8.74. The summed E-state index contributed by atoms with van der Waals surface area (Å²) >= 11 is 0. The van der Waals surface area contributed by atoms with Gasteiger partial charge in [-0.25, -0.2) is 4.98 Å². The second kappa shape index (κ2) is 6.26. The predicted molar refractivity (Wildman–Crippen MR) is 71.4 cm³/mol. The SMILES string of the molecule is CCOC(c1noc(-c2ccc(C#N)cn2)n1)C(C)C. The number of hydrogen-bond donors (Lipinski definition) is 0. The van der Waals surface area contributed by atoms with Gasteiger partial charge in [0.25, 0.3) is 5.89 Å². The Bertz CT molecular complexity index is 598. The molecule has 2 aromatic heterocycles. The molecule has 0 saturated carbocycles. The van der Waals surface area contributed by atoms with Crippen LogP contribution in [0, 0.1) is 17.2 Å². The van der Waals surface area contributed by atoms with Gasteiger partial charge in [0.1, 0.15) is 17.9 Å². The van der Waals surface area contributed by atoms with Crippen LogP contribution in [0.1, 0.15) is 38.3 Å². The fraction of sp³-hybridized carbons (Fsp3) is 0.429. The molecule has 0 aliphatic carbocycles. The van der Waals surface area contributed by atoms with Crippen molar-refractivity contribution >= 4 is 0 Å². The zero-order valence-corrected chi connectivity index (χ0v) is 11.7. The zero-order valence-electron chi connectivity index (χ0n) is 11.7. The van der Waals surface area contributed by atoms with Crippen LogP contribution in [0.3, 0.4) is 0 Å². The molecule has 6 nitrogen and oxygen atoms in total. The normalized spacial score (nSPS) is 12.3. The van der Waals surface area contributed by atoms with Crippen LogP contribution in [0.2, 0.25) is 0 Å². The molecule has 1 unspecified atom stereocenters. The summed E-state index contributed by atoms with van der Waals surface area (Å²) in [4.78, 5) is 8.45. The lowest BCUT2D eigenvalue weighted by molar-refractivity contribution is 0.0217. The lowest BCUT2D eigenvalue weighted by atomic mass is 10.1. The summed E-state index contributed by atoms with van der Waals surface area (Å²) in [7, 11) is 0. The number of hydrogen-bond acceptors (Lipinski definition) is 6. The van der Waals surface area contributed by atoms with E-state index in [0.29, 0.717) is 29.6 Å². The van der Waals surface area contributed by atoms with Crippen LogP contribution in [-0.4, -0.2) is 21.7 Å². The Kier molecular flexibility index (Phi) is 4.43. The van der Waals surface area contributed by atoms with Crippen molar-refractivity contribution < 1.29 is 9.26 Å². The van der Waals surface area contributed by atoms with Gasteiger partial charge in [0.05, 0.1) is 5.56 Å². The lowest BCUT2D eigenvalue weighted by Gasteiger charge is -2.16. The van der Waals surface area contributed by atoms with Crippen molar-refractivity contribution in [1.82, 2.24) is 15.1 Å². The first kappa shape index (κ1) is 14.2. The second-order valence-electron chi connectivity index (χ2n) is 4.62. The molecule has 2 rings (SSSR count). The minimum absolute atomic E-state index is 0.198. The highest BCUT2D eigenvalue weighted by molar-refractivity contribution is 5.47. The van der Waals surface area contributed by atoms with Gasteiger partial charge in [-0.3, -0.25) is 0 Å². The fourth-order valence-electron chi connectivity index (χ4n) is 1.79. The van der Waals surface area contributed by atoms with Crippen LogP contribution >= 0.6 is 0 Å². The van der Waals surface area contributed by atoms with E-state index in [-0.39, 0.29) is 12.0 Å². The Morgan fingerprint density at radius 3 is 2.75 bits per heavy atom. The molecular weight excluding hydrogens is 256 g/mol. The van der Waals surface area contributed by atoms with Crippen LogP contribution in [0.25, 0.3) is 11.6 Å². The largest absolute Gasteiger partial charge is 0.370 e. The lowest BCUT2D eigenvalue weighted by Crippen LogP contribution is -2.12. The molecule has 0 spiro atoms. The van der Waals surface area contributed by atoms with E-state index in [1.54, 1.807) is 12.1 Å². The summed E-state index contributed by atoms with van der Waals surface area (Å²) < 4.78 is 10.8. The van der Waals surface area contributed by atoms with Crippen molar-refractivity contribution in [3.63, 3.8) is 0 Å². The van der Waals surface area contributed by atoms with E-state index in [1.807, 2.05) is 26.8 Å². The van der Waals surface area contributed by atoms with Crippen LogP contribution in [0.5, 0.6) is 0 Å². The highest BCUT2D eigenvalue weighted by atomic mass is 16.5. The first-order chi connectivity index (χ1) is 9.65. The number of nitriles is 1. The van der Waals surface area contributed by atoms with E-state index < -0.39 is 0 Å². The molecule has 0 bridgehead atoms. The van der Waals surface area contributed by atoms with E-state index in [2.05, 4.69) is 15.1 Å². The van der Waals surface area contributed by atoms with Gasteiger partial charge in [0.2, 0.25) is 5.82 Å². The van der Waals surface area contributed by atoms with E-state index >= 15 is 0 Å². The summed E-state index contributed by atoms with van der Waals surface area (Å²) in [6, 6.07) is 5.35. The Balaban J connectivity index is 2.25. The smallest absolute Gasteiger partial charge is 0.276 e. The maximum atomic E-state index is 8.74. The molecule has 0 N–H and O–H groups in total. The van der Waals surface area contributed by atoms with Crippen molar-refractivity contribution in [2.75, 3.05) is 6.61 Å². The van der Waals surface area contributed by atoms with Crippen molar-refractivity contribution in [2.24, 2.45) is 5.92 Å². The van der Waals surface area contributed by atoms with Gasteiger partial charge in [-0.05, 0) is 25.0 Å². The van der Waals surface area contributed by atoms with E-state index in [4.69, 9.17) is 14.5 Å². The maximum Gasteiger partial charge on any atom is 0.276 e. The molecule has 20 heavy (non-hydrogen) atoms. The van der Waals surface area contributed by atoms with Crippen molar-refractivity contribution in [2.45, 2.75) is 26.9 Å². The molecule has 104 valence electrons. The van der Waals surface area contributed by atoms with Crippen molar-refractivity contribution in [1.29, 1.82) is 5.26 Å². The average molecular weight is 272 g/mol. The predicted octanol–water partition coefficient (Wildman–Crippen LogP) is 2.74. The minimum atomic E-state index is -0.198. The average Bonchev–Trinajstić information content (AvgIpc) is 2.94. The van der Waals surface area contributed by atoms with Gasteiger partial charge in [-0.1, -0.05) is 19.0 Å². The quantitative estimate of drug-likeness (QED) is 0.832. The highest BCUT2D eigenvalue weighted by Gasteiger charge is 2.22. The number of rotatable bonds is 5. The van der Waals surface area contributed by atoms with Crippen LogP contribution in [0.4, 0.5) is 0 Å². The molecule has 0 radical (unpaired) electrons. The molecule has 2 heterocycles. The van der Waals surface area contributed by atoms with E-state index in [0.717, 1.165) is 0 Å². The van der Waals surface area contributed by atoms with E-state index in [1.165, 1.54) is 6.20 Å². The summed E-state index contributed by atoms with van der Waals surface area (Å²) in [5.74, 6) is 1.09. The van der Waals surface area contributed by atoms with Crippen molar-refractivity contribution in [3.8, 4) is 17.7 Å². The van der Waals surface area contributed by atoms with Gasteiger partial charge in [-0.2, -0.15) is 10.2 Å². The molecule has 0 aliphatic rings. The van der Waals surface area contributed by atoms with Gasteiger partial charge < -0.3 is 9.26 Å². The molecule has 0 aromatic carbocycles. The van der Waals surface area contributed by atoms with E-state index in [9.17, 15) is 0 Å². The molecule has 0 aliphatic heterocycles. The number of nitrogens with zero attached hydrogens (tertiary/aromatic N) is 4. The molecule has 0 fully saturated rings. The Morgan fingerprint density at radius 1 is 1.40 bits per heavy atom. The minimum Gasteiger partial charge on any atom is -0.370 e. The summed E-state index contributed by atoms with van der Waals surface area (Å²) in [6.45, 7) is 6.59. The molecule has 2 aromatic rings. The summed E-state index contributed by atoms with van der Waals surface area (Å²) in [5, 5.41) is 12.7. The van der Waals surface area contributed by atoms with Gasteiger partial charge in [-0.15, -0.1) is 0 Å². The molecular formula is C14H16N4O2. The topological polar surface area (TPSA) is 84.8 Å². The van der Waals surface area contributed by atoms with Gasteiger partial charge >= 0.3 is 0 Å². The van der Waals surface area contributed by atoms with Crippen LogP contribution in [-0.2, 0) is 4.74 Å². The van der Waals surface area contributed by atoms with Crippen molar-refractivity contribution in [3.05, 3.63) is 29.7 Å². The molecule has 1 atom stereocenters. The van der Waals surface area contributed by atoms with Gasteiger partial charge in [0, 0.05) is 12.8 Å². The monoisotopic (exact) mass is 272 g/mol.